The predicted octanol–water partition coefficient (Wildman–Crippen LogP) is 3.18. The van der Waals surface area contributed by atoms with Crippen molar-refractivity contribution in [1.29, 1.82) is 0 Å². The van der Waals surface area contributed by atoms with Gasteiger partial charge in [-0.25, -0.2) is 0 Å². The molecule has 0 aliphatic carbocycles. The SMILES string of the molecule is CC(C)CC1CCCSC1. The van der Waals surface area contributed by atoms with E-state index in [2.05, 4.69) is 25.6 Å². The summed E-state index contributed by atoms with van der Waals surface area (Å²) in [5.74, 6) is 4.79. The summed E-state index contributed by atoms with van der Waals surface area (Å²) in [6, 6.07) is 0. The van der Waals surface area contributed by atoms with E-state index < -0.39 is 0 Å². The van der Waals surface area contributed by atoms with Crippen LogP contribution in [0.3, 0.4) is 0 Å². The molecule has 0 aromatic heterocycles. The first kappa shape index (κ1) is 8.45. The minimum Gasteiger partial charge on any atom is -0.162 e. The summed E-state index contributed by atoms with van der Waals surface area (Å²) in [6.07, 6.45) is 4.40. The topological polar surface area (TPSA) is 0 Å². The average Bonchev–Trinajstić information content (AvgIpc) is 1.88. The molecular weight excluding hydrogens is 140 g/mol. The Morgan fingerprint density at radius 2 is 2.30 bits per heavy atom. The Labute approximate surface area is 68.8 Å². The molecule has 1 fully saturated rings. The molecule has 0 amide bonds. The summed E-state index contributed by atoms with van der Waals surface area (Å²) < 4.78 is 0. The van der Waals surface area contributed by atoms with Gasteiger partial charge in [0, 0.05) is 0 Å². The van der Waals surface area contributed by atoms with E-state index in [-0.39, 0.29) is 0 Å². The van der Waals surface area contributed by atoms with Crippen molar-refractivity contribution in [2.45, 2.75) is 33.1 Å². The number of hydrogen-bond donors (Lipinski definition) is 0. The summed E-state index contributed by atoms with van der Waals surface area (Å²) in [6.45, 7) is 4.67. The molecule has 1 aliphatic rings. The summed E-state index contributed by atoms with van der Waals surface area (Å²) in [5.41, 5.74) is 0. The van der Waals surface area contributed by atoms with Crippen molar-refractivity contribution < 1.29 is 0 Å². The van der Waals surface area contributed by atoms with Gasteiger partial charge in [-0.1, -0.05) is 13.8 Å². The van der Waals surface area contributed by atoms with Gasteiger partial charge in [0.05, 0.1) is 0 Å². The first-order valence-corrected chi connectivity index (χ1v) is 5.52. The molecule has 1 rings (SSSR count). The molecule has 1 aliphatic heterocycles. The van der Waals surface area contributed by atoms with E-state index in [1.165, 1.54) is 30.8 Å². The molecule has 0 N–H and O–H groups in total. The van der Waals surface area contributed by atoms with Crippen molar-refractivity contribution in [2.24, 2.45) is 11.8 Å². The smallest absolute Gasteiger partial charge is 0.00390 e. The van der Waals surface area contributed by atoms with Gasteiger partial charge in [-0.2, -0.15) is 11.8 Å². The van der Waals surface area contributed by atoms with E-state index in [1.807, 2.05) is 0 Å². The second-order valence-electron chi connectivity index (χ2n) is 3.71. The molecule has 1 heterocycles. The Morgan fingerprint density at radius 1 is 1.50 bits per heavy atom. The molecule has 1 unspecified atom stereocenters. The Balaban J connectivity index is 2.13. The van der Waals surface area contributed by atoms with Gasteiger partial charge in [0.25, 0.3) is 0 Å². The first-order valence-electron chi connectivity index (χ1n) is 4.37. The molecule has 60 valence electrons. The van der Waals surface area contributed by atoms with E-state index in [4.69, 9.17) is 0 Å². The van der Waals surface area contributed by atoms with Crippen LogP contribution in [-0.4, -0.2) is 11.5 Å². The predicted molar refractivity (Wildman–Crippen MR) is 49.5 cm³/mol. The van der Waals surface area contributed by atoms with E-state index in [1.54, 1.807) is 0 Å². The van der Waals surface area contributed by atoms with Gasteiger partial charge < -0.3 is 0 Å². The maximum atomic E-state index is 2.33. The Bertz CT molecular complexity index is 82.7. The quantitative estimate of drug-likeness (QED) is 0.595. The monoisotopic (exact) mass is 158 g/mol. The van der Waals surface area contributed by atoms with Crippen LogP contribution in [0.4, 0.5) is 0 Å². The van der Waals surface area contributed by atoms with Crippen LogP contribution in [0, 0.1) is 11.8 Å². The zero-order valence-corrected chi connectivity index (χ0v) is 7.91. The van der Waals surface area contributed by atoms with Gasteiger partial charge in [0.1, 0.15) is 0 Å². The van der Waals surface area contributed by atoms with Gasteiger partial charge in [0.15, 0.2) is 0 Å². The van der Waals surface area contributed by atoms with Crippen LogP contribution >= 0.6 is 11.8 Å². The number of rotatable bonds is 2. The van der Waals surface area contributed by atoms with Crippen LogP contribution < -0.4 is 0 Å². The van der Waals surface area contributed by atoms with Gasteiger partial charge >= 0.3 is 0 Å². The molecule has 1 heteroatoms. The fourth-order valence-corrected chi connectivity index (χ4v) is 2.83. The third kappa shape index (κ3) is 2.96. The highest BCUT2D eigenvalue weighted by molar-refractivity contribution is 7.99. The third-order valence-electron chi connectivity index (χ3n) is 2.06. The minimum absolute atomic E-state index is 0.906. The number of thioether (sulfide) groups is 1. The standard InChI is InChI=1S/C9H18S/c1-8(2)6-9-4-3-5-10-7-9/h8-9H,3-7H2,1-2H3. The van der Waals surface area contributed by atoms with Gasteiger partial charge in [-0.15, -0.1) is 0 Å². The third-order valence-corrected chi connectivity index (χ3v) is 3.34. The van der Waals surface area contributed by atoms with Crippen LogP contribution in [0.15, 0.2) is 0 Å². The lowest BCUT2D eigenvalue weighted by atomic mass is 9.95. The van der Waals surface area contributed by atoms with Crippen LogP contribution in [0.2, 0.25) is 0 Å². The zero-order valence-electron chi connectivity index (χ0n) is 7.10. The molecule has 0 radical (unpaired) electrons. The second-order valence-corrected chi connectivity index (χ2v) is 4.86. The zero-order chi connectivity index (χ0) is 7.40. The van der Waals surface area contributed by atoms with Crippen LogP contribution in [0.5, 0.6) is 0 Å². The normalized spacial score (nSPS) is 27.3. The van der Waals surface area contributed by atoms with Crippen molar-refractivity contribution in [3.05, 3.63) is 0 Å². The first-order chi connectivity index (χ1) is 4.79. The maximum Gasteiger partial charge on any atom is -0.00390 e. The Kier molecular flexibility index (Phi) is 3.61. The van der Waals surface area contributed by atoms with Crippen LogP contribution in [0.1, 0.15) is 33.1 Å². The lowest BCUT2D eigenvalue weighted by Gasteiger charge is -2.22. The molecular formula is C9H18S. The van der Waals surface area contributed by atoms with E-state index in [0.29, 0.717) is 0 Å². The van der Waals surface area contributed by atoms with Crippen LogP contribution in [0.25, 0.3) is 0 Å². The van der Waals surface area contributed by atoms with E-state index >= 15 is 0 Å². The highest BCUT2D eigenvalue weighted by Gasteiger charge is 2.14. The molecule has 1 saturated heterocycles. The van der Waals surface area contributed by atoms with Gasteiger partial charge in [0.2, 0.25) is 0 Å². The molecule has 0 aromatic carbocycles. The minimum atomic E-state index is 0.906. The molecule has 0 saturated carbocycles. The van der Waals surface area contributed by atoms with E-state index in [0.717, 1.165) is 11.8 Å². The fraction of sp³-hybridized carbons (Fsp3) is 1.00. The molecule has 0 nitrogen and oxygen atoms in total. The van der Waals surface area contributed by atoms with Crippen molar-refractivity contribution in [3.63, 3.8) is 0 Å². The largest absolute Gasteiger partial charge is 0.162 e. The highest BCUT2D eigenvalue weighted by Crippen LogP contribution is 2.27. The van der Waals surface area contributed by atoms with Crippen molar-refractivity contribution in [1.82, 2.24) is 0 Å². The number of hydrogen-bond acceptors (Lipinski definition) is 1. The molecule has 10 heavy (non-hydrogen) atoms. The van der Waals surface area contributed by atoms with Gasteiger partial charge in [-0.3, -0.25) is 0 Å². The van der Waals surface area contributed by atoms with Crippen molar-refractivity contribution >= 4 is 11.8 Å². The average molecular weight is 158 g/mol. The summed E-state index contributed by atoms with van der Waals surface area (Å²) in [4.78, 5) is 0. The maximum absolute atomic E-state index is 2.33. The summed E-state index contributed by atoms with van der Waals surface area (Å²) in [5, 5.41) is 0. The summed E-state index contributed by atoms with van der Waals surface area (Å²) >= 11 is 2.14. The lowest BCUT2D eigenvalue weighted by Crippen LogP contribution is -2.12. The second kappa shape index (κ2) is 4.27. The highest BCUT2D eigenvalue weighted by atomic mass is 32.2. The van der Waals surface area contributed by atoms with Crippen molar-refractivity contribution in [2.75, 3.05) is 11.5 Å². The Hall–Kier alpha value is 0.350. The molecule has 0 bridgehead atoms. The fourth-order valence-electron chi connectivity index (χ4n) is 1.66. The summed E-state index contributed by atoms with van der Waals surface area (Å²) in [7, 11) is 0. The van der Waals surface area contributed by atoms with Crippen LogP contribution in [-0.2, 0) is 0 Å². The van der Waals surface area contributed by atoms with E-state index in [9.17, 15) is 0 Å². The molecule has 0 aromatic rings. The van der Waals surface area contributed by atoms with Crippen molar-refractivity contribution in [3.8, 4) is 0 Å². The molecule has 1 atom stereocenters. The Morgan fingerprint density at radius 3 is 2.80 bits per heavy atom. The lowest BCUT2D eigenvalue weighted by molar-refractivity contribution is 0.412. The molecule has 0 spiro atoms. The van der Waals surface area contributed by atoms with Gasteiger partial charge in [-0.05, 0) is 42.6 Å².